The van der Waals surface area contributed by atoms with Gasteiger partial charge in [0.2, 0.25) is 10.0 Å². The second-order valence-electron chi connectivity index (χ2n) is 4.61. The lowest BCUT2D eigenvalue weighted by molar-refractivity contribution is 0.215. The van der Waals surface area contributed by atoms with Crippen molar-refractivity contribution in [2.45, 2.75) is 19.3 Å². The summed E-state index contributed by atoms with van der Waals surface area (Å²) in [6.07, 6.45) is 3.28. The van der Waals surface area contributed by atoms with E-state index in [0.717, 1.165) is 32.4 Å². The Morgan fingerprint density at radius 1 is 1.35 bits per heavy atom. The van der Waals surface area contributed by atoms with Gasteiger partial charge in [-0.3, -0.25) is 0 Å². The van der Waals surface area contributed by atoms with Crippen molar-refractivity contribution in [2.24, 2.45) is 5.92 Å². The topological polar surface area (TPSA) is 58.6 Å². The first kappa shape index (κ1) is 14.9. The molecule has 0 aliphatic carbocycles. The minimum Gasteiger partial charge on any atom is -0.384 e. The van der Waals surface area contributed by atoms with Crippen molar-refractivity contribution >= 4 is 10.0 Å². The molecule has 1 saturated heterocycles. The van der Waals surface area contributed by atoms with Crippen LogP contribution < -0.4 is 5.32 Å². The summed E-state index contributed by atoms with van der Waals surface area (Å²) in [6.45, 7) is 3.01. The quantitative estimate of drug-likeness (QED) is 0.718. The predicted molar refractivity (Wildman–Crippen MR) is 68.5 cm³/mol. The van der Waals surface area contributed by atoms with Gasteiger partial charge in [-0.15, -0.1) is 0 Å². The Kier molecular flexibility index (Phi) is 6.40. The zero-order chi connectivity index (χ0) is 12.7. The molecular weight excluding hydrogens is 240 g/mol. The summed E-state index contributed by atoms with van der Waals surface area (Å²) in [7, 11) is 0.0467. The molecule has 1 rings (SSSR count). The molecular formula is C11H24N2O3S. The molecule has 6 heteroatoms. The molecule has 102 valence electrons. The van der Waals surface area contributed by atoms with Crippen LogP contribution in [-0.2, 0) is 14.8 Å². The van der Waals surface area contributed by atoms with Crippen molar-refractivity contribution in [3.63, 3.8) is 0 Å². The van der Waals surface area contributed by atoms with Crippen LogP contribution in [0.2, 0.25) is 0 Å². The molecule has 1 fully saturated rings. The van der Waals surface area contributed by atoms with Gasteiger partial charge in [0.05, 0.1) is 12.4 Å². The van der Waals surface area contributed by atoms with E-state index in [1.54, 1.807) is 7.05 Å². The highest BCUT2D eigenvalue weighted by molar-refractivity contribution is 7.89. The van der Waals surface area contributed by atoms with E-state index < -0.39 is 10.0 Å². The van der Waals surface area contributed by atoms with Crippen LogP contribution in [-0.4, -0.2) is 58.9 Å². The summed E-state index contributed by atoms with van der Waals surface area (Å²) in [5.74, 6) is 0.739. The Balaban J connectivity index is 2.29. The van der Waals surface area contributed by atoms with Crippen LogP contribution in [0.1, 0.15) is 19.3 Å². The molecule has 1 aliphatic heterocycles. The van der Waals surface area contributed by atoms with Gasteiger partial charge < -0.3 is 10.1 Å². The summed E-state index contributed by atoms with van der Waals surface area (Å²) in [6, 6.07) is 0. The molecule has 0 aromatic heterocycles. The molecule has 1 heterocycles. The fourth-order valence-electron chi connectivity index (χ4n) is 2.02. The molecule has 1 N–H and O–H groups in total. The molecule has 0 radical (unpaired) electrons. The average molecular weight is 264 g/mol. The molecule has 1 aliphatic rings. The number of hydrogen-bond acceptors (Lipinski definition) is 4. The van der Waals surface area contributed by atoms with Gasteiger partial charge in [-0.2, -0.15) is 0 Å². The molecule has 0 amide bonds. The van der Waals surface area contributed by atoms with Gasteiger partial charge in [-0.1, -0.05) is 0 Å². The number of piperidine rings is 1. The SMILES string of the molecule is COCCS(=O)(=O)N(C)CCC1CCNCC1. The third-order valence-electron chi connectivity index (χ3n) is 3.33. The lowest BCUT2D eigenvalue weighted by Gasteiger charge is -2.25. The fraction of sp³-hybridized carbons (Fsp3) is 1.00. The van der Waals surface area contributed by atoms with Crippen LogP contribution in [0.25, 0.3) is 0 Å². The number of nitrogens with one attached hydrogen (secondary N) is 1. The van der Waals surface area contributed by atoms with Gasteiger partial charge in [0, 0.05) is 20.7 Å². The lowest BCUT2D eigenvalue weighted by Crippen LogP contribution is -2.34. The van der Waals surface area contributed by atoms with E-state index in [-0.39, 0.29) is 12.4 Å². The van der Waals surface area contributed by atoms with E-state index in [1.165, 1.54) is 11.4 Å². The molecule has 17 heavy (non-hydrogen) atoms. The van der Waals surface area contributed by atoms with Crippen LogP contribution in [0, 0.1) is 5.92 Å². The Hall–Kier alpha value is -0.170. The van der Waals surface area contributed by atoms with Gasteiger partial charge in [0.15, 0.2) is 0 Å². The predicted octanol–water partition coefficient (Wildman–Crippen LogP) is 0.284. The number of sulfonamides is 1. The molecule has 0 aromatic carbocycles. The van der Waals surface area contributed by atoms with E-state index >= 15 is 0 Å². The number of rotatable bonds is 7. The lowest BCUT2D eigenvalue weighted by atomic mass is 9.95. The standard InChI is InChI=1S/C11H24N2O3S/c1-13(17(14,15)10-9-16-2)8-5-11-3-6-12-7-4-11/h11-12H,3-10H2,1-2H3. The Bertz CT molecular complexity index is 300. The van der Waals surface area contributed by atoms with Gasteiger partial charge >= 0.3 is 0 Å². The zero-order valence-electron chi connectivity index (χ0n) is 10.8. The molecule has 0 bridgehead atoms. The molecule has 0 saturated carbocycles. The third kappa shape index (κ3) is 5.33. The van der Waals surface area contributed by atoms with Crippen molar-refractivity contribution in [1.29, 1.82) is 0 Å². The second-order valence-corrected chi connectivity index (χ2v) is 6.81. The van der Waals surface area contributed by atoms with E-state index in [1.807, 2.05) is 0 Å². The highest BCUT2D eigenvalue weighted by Gasteiger charge is 2.19. The Morgan fingerprint density at radius 2 is 2.00 bits per heavy atom. The minimum atomic E-state index is -3.13. The van der Waals surface area contributed by atoms with Crippen LogP contribution in [0.5, 0.6) is 0 Å². The zero-order valence-corrected chi connectivity index (χ0v) is 11.6. The fourth-order valence-corrected chi connectivity index (χ4v) is 3.09. The van der Waals surface area contributed by atoms with E-state index in [4.69, 9.17) is 4.74 Å². The van der Waals surface area contributed by atoms with Gasteiger partial charge in [0.1, 0.15) is 0 Å². The summed E-state index contributed by atoms with van der Waals surface area (Å²) in [4.78, 5) is 0. The Labute approximate surface area is 105 Å². The van der Waals surface area contributed by atoms with E-state index in [2.05, 4.69) is 5.32 Å². The maximum Gasteiger partial charge on any atom is 0.216 e. The van der Waals surface area contributed by atoms with Gasteiger partial charge in [-0.25, -0.2) is 12.7 Å². The largest absolute Gasteiger partial charge is 0.384 e. The number of nitrogens with zero attached hydrogens (tertiary/aromatic N) is 1. The highest BCUT2D eigenvalue weighted by atomic mass is 32.2. The molecule has 0 aromatic rings. The van der Waals surface area contributed by atoms with Gasteiger partial charge in [0.25, 0.3) is 0 Å². The average Bonchev–Trinajstić information content (AvgIpc) is 2.34. The third-order valence-corrected chi connectivity index (χ3v) is 5.15. The van der Waals surface area contributed by atoms with E-state index in [9.17, 15) is 8.42 Å². The molecule has 5 nitrogen and oxygen atoms in total. The summed E-state index contributed by atoms with van der Waals surface area (Å²) < 4.78 is 29.9. The minimum absolute atomic E-state index is 0.0756. The van der Waals surface area contributed by atoms with Gasteiger partial charge in [-0.05, 0) is 38.3 Å². The van der Waals surface area contributed by atoms with Crippen molar-refractivity contribution < 1.29 is 13.2 Å². The van der Waals surface area contributed by atoms with Crippen molar-refractivity contribution in [3.8, 4) is 0 Å². The normalized spacial score (nSPS) is 18.8. The first-order chi connectivity index (χ1) is 8.06. The summed E-state index contributed by atoms with van der Waals surface area (Å²) in [5.41, 5.74) is 0. The smallest absolute Gasteiger partial charge is 0.216 e. The summed E-state index contributed by atoms with van der Waals surface area (Å²) in [5, 5.41) is 3.31. The number of hydrogen-bond donors (Lipinski definition) is 1. The van der Waals surface area contributed by atoms with Crippen LogP contribution >= 0.6 is 0 Å². The van der Waals surface area contributed by atoms with Crippen LogP contribution in [0.15, 0.2) is 0 Å². The maximum absolute atomic E-state index is 11.8. The van der Waals surface area contributed by atoms with Crippen LogP contribution in [0.3, 0.4) is 0 Å². The first-order valence-electron chi connectivity index (χ1n) is 6.20. The number of methoxy groups -OCH3 is 1. The molecule has 0 atom stereocenters. The van der Waals surface area contributed by atoms with Crippen molar-refractivity contribution in [1.82, 2.24) is 9.62 Å². The Morgan fingerprint density at radius 3 is 2.59 bits per heavy atom. The second kappa shape index (κ2) is 7.31. The number of ether oxygens (including phenoxy) is 1. The molecule has 0 unspecified atom stereocenters. The van der Waals surface area contributed by atoms with Crippen molar-refractivity contribution in [3.05, 3.63) is 0 Å². The highest BCUT2D eigenvalue weighted by Crippen LogP contribution is 2.16. The maximum atomic E-state index is 11.8. The summed E-state index contributed by atoms with van der Waals surface area (Å²) >= 11 is 0. The van der Waals surface area contributed by atoms with Crippen LogP contribution in [0.4, 0.5) is 0 Å². The molecule has 0 spiro atoms. The van der Waals surface area contributed by atoms with Crippen molar-refractivity contribution in [2.75, 3.05) is 46.2 Å². The monoisotopic (exact) mass is 264 g/mol. The first-order valence-corrected chi connectivity index (χ1v) is 7.81. The van der Waals surface area contributed by atoms with E-state index in [0.29, 0.717) is 12.5 Å².